The number of benzene rings is 2. The molecule has 0 aliphatic carbocycles. The van der Waals surface area contributed by atoms with E-state index in [9.17, 15) is 0 Å². The molecular weight excluding hydrogens is 416 g/mol. The predicted octanol–water partition coefficient (Wildman–Crippen LogP) is 6.72. The molecule has 2 aromatic heterocycles. The van der Waals surface area contributed by atoms with Crippen LogP contribution in [-0.4, -0.2) is 23.0 Å². The van der Waals surface area contributed by atoms with Gasteiger partial charge in [0.05, 0.1) is 23.9 Å². The lowest BCUT2D eigenvalue weighted by Crippen LogP contribution is -2.11. The van der Waals surface area contributed by atoms with Gasteiger partial charge >= 0.3 is 0 Å². The molecule has 0 N–H and O–H groups in total. The summed E-state index contributed by atoms with van der Waals surface area (Å²) in [5.74, 6) is 1.40. The highest BCUT2D eigenvalue weighted by Gasteiger charge is 2.11. The molecule has 0 radical (unpaired) electrons. The Morgan fingerprint density at radius 2 is 1.80 bits per heavy atom. The van der Waals surface area contributed by atoms with E-state index in [-0.39, 0.29) is 0 Å². The van der Waals surface area contributed by atoms with E-state index >= 15 is 0 Å². The first-order chi connectivity index (χ1) is 14.6. The van der Waals surface area contributed by atoms with Gasteiger partial charge in [0, 0.05) is 16.5 Å². The second kappa shape index (κ2) is 9.37. The molecule has 154 valence electrons. The minimum atomic E-state index is 0.437. The van der Waals surface area contributed by atoms with Gasteiger partial charge in [0.25, 0.3) is 0 Å². The summed E-state index contributed by atoms with van der Waals surface area (Å²) in [5, 5.41) is 7.43. The van der Waals surface area contributed by atoms with E-state index in [1.54, 1.807) is 11.3 Å². The van der Waals surface area contributed by atoms with Gasteiger partial charge < -0.3 is 9.47 Å². The monoisotopic (exact) mass is 438 g/mol. The van der Waals surface area contributed by atoms with Crippen LogP contribution in [0.15, 0.2) is 66.0 Å². The highest BCUT2D eigenvalue weighted by molar-refractivity contribution is 7.10. The average Bonchev–Trinajstić information content (AvgIpc) is 3.37. The molecule has 4 nitrogen and oxygen atoms in total. The van der Waals surface area contributed by atoms with Crippen molar-refractivity contribution in [3.05, 3.63) is 75.9 Å². The van der Waals surface area contributed by atoms with Crippen LogP contribution in [0.4, 0.5) is 0 Å². The number of hydrogen-bond donors (Lipinski definition) is 0. The predicted molar refractivity (Wildman–Crippen MR) is 124 cm³/mol. The third-order valence-electron chi connectivity index (χ3n) is 4.66. The van der Waals surface area contributed by atoms with Crippen molar-refractivity contribution in [3.8, 4) is 34.0 Å². The molecule has 0 unspecified atom stereocenters. The topological polar surface area (TPSA) is 36.3 Å². The van der Waals surface area contributed by atoms with Gasteiger partial charge in [-0.05, 0) is 48.6 Å². The molecule has 0 aliphatic heterocycles. The van der Waals surface area contributed by atoms with Crippen molar-refractivity contribution in [2.24, 2.45) is 0 Å². The second-order valence-corrected chi connectivity index (χ2v) is 8.35. The minimum absolute atomic E-state index is 0.437. The van der Waals surface area contributed by atoms with Crippen LogP contribution in [0.3, 0.4) is 0 Å². The molecule has 0 spiro atoms. The van der Waals surface area contributed by atoms with E-state index in [0.717, 1.165) is 22.7 Å². The Morgan fingerprint density at radius 3 is 2.50 bits per heavy atom. The molecule has 0 saturated heterocycles. The molecule has 0 fully saturated rings. The van der Waals surface area contributed by atoms with Crippen molar-refractivity contribution in [3.63, 3.8) is 0 Å². The van der Waals surface area contributed by atoms with E-state index in [2.05, 4.69) is 23.5 Å². The molecule has 2 heterocycles. The Bertz CT molecular complexity index is 1120. The second-order valence-electron chi connectivity index (χ2n) is 6.83. The van der Waals surface area contributed by atoms with Crippen LogP contribution in [0, 0.1) is 6.92 Å². The first kappa shape index (κ1) is 20.5. The van der Waals surface area contributed by atoms with Crippen molar-refractivity contribution >= 4 is 22.9 Å². The van der Waals surface area contributed by atoms with Crippen LogP contribution in [0.25, 0.3) is 22.4 Å². The van der Waals surface area contributed by atoms with Gasteiger partial charge in [-0.25, -0.2) is 4.68 Å². The summed E-state index contributed by atoms with van der Waals surface area (Å²) >= 11 is 8.19. The van der Waals surface area contributed by atoms with Crippen LogP contribution in [-0.2, 0) is 6.54 Å². The summed E-state index contributed by atoms with van der Waals surface area (Å²) in [4.78, 5) is 1.28. The lowest BCUT2D eigenvalue weighted by Gasteiger charge is -2.11. The molecule has 0 bridgehead atoms. The van der Waals surface area contributed by atoms with Crippen molar-refractivity contribution in [1.82, 2.24) is 9.78 Å². The number of hydrogen-bond acceptors (Lipinski definition) is 4. The van der Waals surface area contributed by atoms with Gasteiger partial charge in [0.1, 0.15) is 12.4 Å². The van der Waals surface area contributed by atoms with E-state index in [1.807, 2.05) is 66.2 Å². The molecule has 30 heavy (non-hydrogen) atoms. The summed E-state index contributed by atoms with van der Waals surface area (Å²) in [6, 6.07) is 20.1. The highest BCUT2D eigenvalue weighted by atomic mass is 35.5. The van der Waals surface area contributed by atoms with E-state index < -0.39 is 0 Å². The zero-order valence-electron chi connectivity index (χ0n) is 17.0. The number of thiophene rings is 1. The normalized spacial score (nSPS) is 10.9. The number of aryl methyl sites for hydroxylation is 1. The standard InChI is InChI=1S/C24H23ClN2O2S/c1-3-28-24-15-22(18-7-5-4-6-8-18)26-27(24)11-12-29-23-10-9-19(14-21(23)25)20-13-17(2)30-16-20/h4-10,13-16H,3,11-12H2,1-2H3. The molecule has 4 rings (SSSR count). The molecule has 4 aromatic rings. The Kier molecular flexibility index (Phi) is 6.41. The number of rotatable bonds is 8. The Hall–Kier alpha value is -2.76. The maximum Gasteiger partial charge on any atom is 0.212 e. The Morgan fingerprint density at radius 1 is 0.967 bits per heavy atom. The largest absolute Gasteiger partial charge is 0.490 e. The number of halogens is 1. The summed E-state index contributed by atoms with van der Waals surface area (Å²) < 4.78 is 13.5. The third-order valence-corrected chi connectivity index (χ3v) is 5.82. The molecule has 0 saturated carbocycles. The maximum absolute atomic E-state index is 6.46. The first-order valence-corrected chi connectivity index (χ1v) is 11.1. The summed E-state index contributed by atoms with van der Waals surface area (Å²) in [6.07, 6.45) is 0. The van der Waals surface area contributed by atoms with Crippen molar-refractivity contribution < 1.29 is 9.47 Å². The first-order valence-electron chi connectivity index (χ1n) is 9.88. The zero-order chi connectivity index (χ0) is 20.9. The molecule has 2 aromatic carbocycles. The molecule has 0 aliphatic rings. The third kappa shape index (κ3) is 4.69. The van der Waals surface area contributed by atoms with Crippen LogP contribution in [0.2, 0.25) is 5.02 Å². The smallest absolute Gasteiger partial charge is 0.212 e. The number of ether oxygens (including phenoxy) is 2. The quantitative estimate of drug-likeness (QED) is 0.306. The lowest BCUT2D eigenvalue weighted by atomic mass is 10.1. The average molecular weight is 439 g/mol. The lowest BCUT2D eigenvalue weighted by molar-refractivity contribution is 0.260. The summed E-state index contributed by atoms with van der Waals surface area (Å²) in [5.41, 5.74) is 4.21. The van der Waals surface area contributed by atoms with Gasteiger partial charge in [-0.1, -0.05) is 48.0 Å². The van der Waals surface area contributed by atoms with Gasteiger partial charge in [0.2, 0.25) is 5.88 Å². The summed E-state index contributed by atoms with van der Waals surface area (Å²) in [7, 11) is 0. The van der Waals surface area contributed by atoms with Gasteiger partial charge in [-0.2, -0.15) is 5.10 Å². The van der Waals surface area contributed by atoms with E-state index in [0.29, 0.717) is 30.5 Å². The Balaban J connectivity index is 1.44. The Labute approximate surface area is 185 Å². The fraction of sp³-hybridized carbons (Fsp3) is 0.208. The van der Waals surface area contributed by atoms with E-state index in [4.69, 9.17) is 21.1 Å². The molecular formula is C24H23ClN2O2S. The zero-order valence-corrected chi connectivity index (χ0v) is 18.5. The van der Waals surface area contributed by atoms with Gasteiger partial charge in [-0.3, -0.25) is 0 Å². The van der Waals surface area contributed by atoms with Crippen molar-refractivity contribution in [2.75, 3.05) is 13.2 Å². The van der Waals surface area contributed by atoms with Crippen LogP contribution >= 0.6 is 22.9 Å². The molecule has 6 heteroatoms. The molecule has 0 amide bonds. The van der Waals surface area contributed by atoms with E-state index in [1.165, 1.54) is 10.4 Å². The SMILES string of the molecule is CCOc1cc(-c2ccccc2)nn1CCOc1ccc(-c2csc(C)c2)cc1Cl. The highest BCUT2D eigenvalue weighted by Crippen LogP contribution is 2.32. The van der Waals surface area contributed by atoms with Gasteiger partial charge in [-0.15, -0.1) is 11.3 Å². The fourth-order valence-corrected chi connectivity index (χ4v) is 4.16. The maximum atomic E-state index is 6.46. The summed E-state index contributed by atoms with van der Waals surface area (Å²) in [6.45, 7) is 5.64. The van der Waals surface area contributed by atoms with Crippen molar-refractivity contribution in [1.29, 1.82) is 0 Å². The number of nitrogens with zero attached hydrogens (tertiary/aromatic N) is 2. The minimum Gasteiger partial charge on any atom is -0.490 e. The van der Waals surface area contributed by atoms with Crippen LogP contribution in [0.1, 0.15) is 11.8 Å². The van der Waals surface area contributed by atoms with Gasteiger partial charge in [0.15, 0.2) is 0 Å². The molecule has 0 atom stereocenters. The van der Waals surface area contributed by atoms with Crippen LogP contribution in [0.5, 0.6) is 11.6 Å². The van der Waals surface area contributed by atoms with Crippen molar-refractivity contribution in [2.45, 2.75) is 20.4 Å². The number of aromatic nitrogens is 2. The fourth-order valence-electron chi connectivity index (χ4n) is 3.21. The van der Waals surface area contributed by atoms with Crippen LogP contribution < -0.4 is 9.47 Å².